The Hall–Kier alpha value is -1.45. The molecule has 1 N–H and O–H groups in total. The van der Waals surface area contributed by atoms with Crippen LogP contribution >= 0.6 is 11.6 Å². The van der Waals surface area contributed by atoms with E-state index in [2.05, 4.69) is 16.4 Å². The van der Waals surface area contributed by atoms with E-state index in [0.717, 1.165) is 47.8 Å². The predicted molar refractivity (Wildman–Crippen MR) is 90.9 cm³/mol. The summed E-state index contributed by atoms with van der Waals surface area (Å²) >= 11 is 6.19. The van der Waals surface area contributed by atoms with E-state index in [9.17, 15) is 0 Å². The van der Waals surface area contributed by atoms with Gasteiger partial charge in [-0.2, -0.15) is 0 Å². The van der Waals surface area contributed by atoms with Crippen molar-refractivity contribution < 1.29 is 4.39 Å². The van der Waals surface area contributed by atoms with Crippen LogP contribution in [0, 0.1) is 0 Å². The molecule has 1 saturated heterocycles. The van der Waals surface area contributed by atoms with Gasteiger partial charge in [0.1, 0.15) is 5.67 Å². The number of nitrogens with zero attached hydrogens (tertiary/aromatic N) is 1. The topological polar surface area (TPSA) is 24.9 Å². The summed E-state index contributed by atoms with van der Waals surface area (Å²) in [5.74, 6) is -0.296. The Balaban J connectivity index is 1.91. The van der Waals surface area contributed by atoms with Crippen LogP contribution in [-0.4, -0.2) is 23.7 Å². The number of piperidine rings is 1. The van der Waals surface area contributed by atoms with Gasteiger partial charge in [0.2, 0.25) is 0 Å². The fourth-order valence-electron chi connectivity index (χ4n) is 4.07. The molecule has 2 aromatic rings. The van der Waals surface area contributed by atoms with Crippen LogP contribution in [0.5, 0.6) is 0 Å². The zero-order valence-electron chi connectivity index (χ0n) is 13.0. The zero-order chi connectivity index (χ0) is 15.9. The largest absolute Gasteiger partial charge is 0.316 e. The van der Waals surface area contributed by atoms with E-state index < -0.39 is 5.67 Å². The summed E-state index contributed by atoms with van der Waals surface area (Å²) in [6.07, 6.45) is 4.61. The van der Waals surface area contributed by atoms with Crippen molar-refractivity contribution in [1.29, 1.82) is 0 Å². The van der Waals surface area contributed by atoms with Gasteiger partial charge in [-0.05, 0) is 73.7 Å². The Bertz CT molecular complexity index is 725. The van der Waals surface area contributed by atoms with E-state index in [1.807, 2.05) is 24.3 Å². The van der Waals surface area contributed by atoms with Crippen LogP contribution in [0.1, 0.15) is 41.1 Å². The predicted octanol–water partition coefficient (Wildman–Crippen LogP) is 4.06. The number of aromatic nitrogens is 1. The SMILES string of the molecule is FC1(C2c3ccc(Cl)cc3CCc3cccnc32)CCNCC1. The first-order valence-corrected chi connectivity index (χ1v) is 8.67. The summed E-state index contributed by atoms with van der Waals surface area (Å²) in [6.45, 7) is 1.44. The smallest absolute Gasteiger partial charge is 0.125 e. The molecule has 1 atom stereocenters. The minimum Gasteiger partial charge on any atom is -0.316 e. The third-order valence-electron chi connectivity index (χ3n) is 5.23. The quantitative estimate of drug-likeness (QED) is 0.853. The molecular formula is C19H20ClFN2. The summed E-state index contributed by atoms with van der Waals surface area (Å²) in [5.41, 5.74) is 3.06. The van der Waals surface area contributed by atoms with Crippen molar-refractivity contribution in [3.63, 3.8) is 0 Å². The minimum atomic E-state index is -1.25. The molecule has 1 aliphatic heterocycles. The number of hydrogen-bond acceptors (Lipinski definition) is 2. The zero-order valence-corrected chi connectivity index (χ0v) is 13.7. The molecule has 1 aromatic heterocycles. The number of pyridine rings is 1. The second-order valence-corrected chi connectivity index (χ2v) is 7.04. The van der Waals surface area contributed by atoms with Crippen molar-refractivity contribution in [3.05, 3.63) is 63.9 Å². The molecule has 1 fully saturated rings. The number of fused-ring (bicyclic) bond motifs is 2. The van der Waals surface area contributed by atoms with Crippen LogP contribution in [-0.2, 0) is 12.8 Å². The Morgan fingerprint density at radius 3 is 2.74 bits per heavy atom. The fourth-order valence-corrected chi connectivity index (χ4v) is 4.26. The van der Waals surface area contributed by atoms with Gasteiger partial charge in [-0.3, -0.25) is 4.98 Å². The maximum absolute atomic E-state index is 16.0. The lowest BCUT2D eigenvalue weighted by atomic mass is 9.74. The molecule has 2 aliphatic rings. The maximum Gasteiger partial charge on any atom is 0.125 e. The minimum absolute atomic E-state index is 0.296. The molecule has 120 valence electrons. The number of benzene rings is 1. The number of hydrogen-bond donors (Lipinski definition) is 1. The van der Waals surface area contributed by atoms with Gasteiger partial charge >= 0.3 is 0 Å². The molecule has 2 heterocycles. The van der Waals surface area contributed by atoms with Gasteiger partial charge < -0.3 is 5.32 Å². The Kier molecular flexibility index (Phi) is 3.86. The highest BCUT2D eigenvalue weighted by Crippen LogP contribution is 2.46. The van der Waals surface area contributed by atoms with Crippen molar-refractivity contribution in [2.75, 3.05) is 13.1 Å². The second kappa shape index (κ2) is 5.88. The lowest BCUT2D eigenvalue weighted by molar-refractivity contribution is 0.0940. The van der Waals surface area contributed by atoms with E-state index in [1.54, 1.807) is 6.20 Å². The van der Waals surface area contributed by atoms with E-state index in [-0.39, 0.29) is 5.92 Å². The molecule has 0 saturated carbocycles. The molecule has 23 heavy (non-hydrogen) atoms. The first-order valence-electron chi connectivity index (χ1n) is 8.29. The van der Waals surface area contributed by atoms with Crippen molar-refractivity contribution in [1.82, 2.24) is 10.3 Å². The fraction of sp³-hybridized carbons (Fsp3) is 0.421. The number of nitrogens with one attached hydrogen (secondary N) is 1. The van der Waals surface area contributed by atoms with Crippen LogP contribution in [0.25, 0.3) is 0 Å². The van der Waals surface area contributed by atoms with Crippen LogP contribution in [0.2, 0.25) is 5.02 Å². The Morgan fingerprint density at radius 1 is 1.13 bits per heavy atom. The molecule has 1 aliphatic carbocycles. The van der Waals surface area contributed by atoms with Crippen molar-refractivity contribution >= 4 is 11.6 Å². The van der Waals surface area contributed by atoms with Gasteiger partial charge in [-0.1, -0.05) is 23.7 Å². The van der Waals surface area contributed by atoms with Gasteiger partial charge in [0, 0.05) is 11.2 Å². The lowest BCUT2D eigenvalue weighted by Gasteiger charge is -2.38. The molecular weight excluding hydrogens is 311 g/mol. The van der Waals surface area contributed by atoms with E-state index in [4.69, 9.17) is 11.6 Å². The summed E-state index contributed by atoms with van der Waals surface area (Å²) in [6, 6.07) is 9.93. The number of aryl methyl sites for hydroxylation is 2. The monoisotopic (exact) mass is 330 g/mol. The van der Waals surface area contributed by atoms with Crippen LogP contribution in [0.4, 0.5) is 4.39 Å². The standard InChI is InChI=1S/C19H20ClFN2/c20-15-5-6-16-14(12-15)4-3-13-2-1-9-23-18(13)17(16)19(21)7-10-22-11-8-19/h1-2,5-6,9,12,17,22H,3-4,7-8,10-11H2. The molecule has 1 unspecified atom stereocenters. The normalized spacial score (nSPS) is 22.8. The first-order chi connectivity index (χ1) is 11.2. The van der Waals surface area contributed by atoms with Gasteiger partial charge in [-0.25, -0.2) is 4.39 Å². The summed E-state index contributed by atoms with van der Waals surface area (Å²) in [4.78, 5) is 4.61. The van der Waals surface area contributed by atoms with E-state index in [0.29, 0.717) is 12.8 Å². The van der Waals surface area contributed by atoms with E-state index >= 15 is 4.39 Å². The molecule has 0 amide bonds. The summed E-state index contributed by atoms with van der Waals surface area (Å²) in [5, 5.41) is 3.99. The highest BCUT2D eigenvalue weighted by Gasteiger charge is 2.45. The van der Waals surface area contributed by atoms with E-state index in [1.165, 1.54) is 5.56 Å². The highest BCUT2D eigenvalue weighted by atomic mass is 35.5. The third-order valence-corrected chi connectivity index (χ3v) is 5.47. The first kappa shape index (κ1) is 15.1. The molecule has 0 bridgehead atoms. The number of halogens is 2. The van der Waals surface area contributed by atoms with Gasteiger partial charge in [0.25, 0.3) is 0 Å². The average molecular weight is 331 g/mol. The average Bonchev–Trinajstić information content (AvgIpc) is 2.72. The maximum atomic E-state index is 16.0. The molecule has 4 heteroatoms. The number of rotatable bonds is 1. The van der Waals surface area contributed by atoms with Gasteiger partial charge in [0.15, 0.2) is 0 Å². The molecule has 2 nitrogen and oxygen atoms in total. The van der Waals surface area contributed by atoms with Crippen molar-refractivity contribution in [3.8, 4) is 0 Å². The van der Waals surface area contributed by atoms with Crippen LogP contribution < -0.4 is 5.32 Å². The van der Waals surface area contributed by atoms with Crippen molar-refractivity contribution in [2.24, 2.45) is 0 Å². The van der Waals surface area contributed by atoms with Crippen LogP contribution in [0.15, 0.2) is 36.5 Å². The Labute approximate surface area is 141 Å². The number of alkyl halides is 1. The molecule has 4 rings (SSSR count). The molecule has 0 spiro atoms. The van der Waals surface area contributed by atoms with Gasteiger partial charge in [-0.15, -0.1) is 0 Å². The molecule has 1 aromatic carbocycles. The van der Waals surface area contributed by atoms with Crippen LogP contribution in [0.3, 0.4) is 0 Å². The second-order valence-electron chi connectivity index (χ2n) is 6.61. The third kappa shape index (κ3) is 2.66. The van der Waals surface area contributed by atoms with Crippen molar-refractivity contribution in [2.45, 2.75) is 37.3 Å². The molecule has 0 radical (unpaired) electrons. The lowest BCUT2D eigenvalue weighted by Crippen LogP contribution is -2.43. The van der Waals surface area contributed by atoms with Gasteiger partial charge in [0.05, 0.1) is 11.6 Å². The summed E-state index contributed by atoms with van der Waals surface area (Å²) < 4.78 is 16.0. The summed E-state index contributed by atoms with van der Waals surface area (Å²) in [7, 11) is 0. The highest BCUT2D eigenvalue weighted by molar-refractivity contribution is 6.30. The Morgan fingerprint density at radius 2 is 1.91 bits per heavy atom.